The number of carbonyl (C=O) groups is 1. The van der Waals surface area contributed by atoms with Gasteiger partial charge in [-0.1, -0.05) is 18.2 Å². The van der Waals surface area contributed by atoms with Gasteiger partial charge in [0.15, 0.2) is 0 Å². The number of nitrogens with zero attached hydrogens (tertiary/aromatic N) is 4. The van der Waals surface area contributed by atoms with Crippen LogP contribution in [0.3, 0.4) is 0 Å². The van der Waals surface area contributed by atoms with Crippen LogP contribution >= 0.6 is 0 Å². The number of rotatable bonds is 5. The fourth-order valence-corrected chi connectivity index (χ4v) is 3.27. The Labute approximate surface area is 154 Å². The second kappa shape index (κ2) is 8.82. The van der Waals surface area contributed by atoms with Gasteiger partial charge in [-0.05, 0) is 31.8 Å². The van der Waals surface area contributed by atoms with E-state index < -0.39 is 0 Å². The van der Waals surface area contributed by atoms with Crippen molar-refractivity contribution in [2.75, 3.05) is 46.9 Å². The third-order valence-electron chi connectivity index (χ3n) is 4.42. The number of benzene rings is 1. The molecule has 1 aliphatic rings. The summed E-state index contributed by atoms with van der Waals surface area (Å²) in [4.78, 5) is 16.7. The predicted octanol–water partition coefficient (Wildman–Crippen LogP) is 1.59. The normalized spacial score (nSPS) is 18.0. The van der Waals surface area contributed by atoms with Crippen LogP contribution < -0.4 is 5.32 Å². The summed E-state index contributed by atoms with van der Waals surface area (Å²) in [5.41, 5.74) is 2.00. The van der Waals surface area contributed by atoms with Crippen LogP contribution in [0.4, 0.5) is 4.79 Å². The molecule has 0 saturated carbocycles. The molecule has 0 aliphatic carbocycles. The maximum Gasteiger partial charge on any atom is 0.317 e. The molecule has 1 aliphatic heterocycles. The lowest BCUT2D eigenvalue weighted by Crippen LogP contribution is -2.44. The largest absolute Gasteiger partial charge is 0.379 e. The molecule has 26 heavy (non-hydrogen) atoms. The van der Waals surface area contributed by atoms with Crippen LogP contribution in [0.2, 0.25) is 0 Å². The second-order valence-electron chi connectivity index (χ2n) is 6.89. The summed E-state index contributed by atoms with van der Waals surface area (Å²) in [6.07, 6.45) is 3.65. The van der Waals surface area contributed by atoms with E-state index >= 15 is 0 Å². The van der Waals surface area contributed by atoms with E-state index in [9.17, 15) is 4.79 Å². The molecule has 0 spiro atoms. The smallest absolute Gasteiger partial charge is 0.317 e. The minimum atomic E-state index is -0.0467. The molecule has 7 heteroatoms. The molecule has 2 amide bonds. The Hall–Kier alpha value is -2.38. The Kier molecular flexibility index (Phi) is 6.25. The van der Waals surface area contributed by atoms with E-state index in [2.05, 4.69) is 15.3 Å². The Morgan fingerprint density at radius 1 is 1.35 bits per heavy atom. The zero-order valence-corrected chi connectivity index (χ0v) is 15.5. The molecule has 7 nitrogen and oxygen atoms in total. The third kappa shape index (κ3) is 4.83. The van der Waals surface area contributed by atoms with Gasteiger partial charge in [0.1, 0.15) is 0 Å². The maximum atomic E-state index is 12.7. The topological polar surface area (TPSA) is 62.6 Å². The van der Waals surface area contributed by atoms with Crippen LogP contribution in [0.25, 0.3) is 5.69 Å². The van der Waals surface area contributed by atoms with Crippen molar-refractivity contribution in [3.05, 3.63) is 48.3 Å². The Bertz CT molecular complexity index is 702. The van der Waals surface area contributed by atoms with Crippen LogP contribution in [0.1, 0.15) is 5.56 Å². The molecule has 0 bridgehead atoms. The van der Waals surface area contributed by atoms with Gasteiger partial charge in [-0.25, -0.2) is 9.48 Å². The zero-order chi connectivity index (χ0) is 18.4. The SMILES string of the molecule is CN(C)C[C@H]1COCCN(C(=O)NCc2ccccc2-n2cccn2)C1. The highest BCUT2D eigenvalue weighted by Gasteiger charge is 2.23. The summed E-state index contributed by atoms with van der Waals surface area (Å²) in [6, 6.07) is 9.80. The summed E-state index contributed by atoms with van der Waals surface area (Å²) < 4.78 is 7.47. The first-order chi connectivity index (χ1) is 12.6. The van der Waals surface area contributed by atoms with E-state index in [1.54, 1.807) is 6.20 Å². The van der Waals surface area contributed by atoms with E-state index in [0.717, 1.165) is 17.8 Å². The van der Waals surface area contributed by atoms with Crippen molar-refractivity contribution in [1.29, 1.82) is 0 Å². The van der Waals surface area contributed by atoms with Crippen molar-refractivity contribution in [3.8, 4) is 5.69 Å². The molecular formula is C19H27N5O2. The molecule has 0 radical (unpaired) electrons. The van der Waals surface area contributed by atoms with Gasteiger partial charge in [0, 0.05) is 44.5 Å². The van der Waals surface area contributed by atoms with Gasteiger partial charge in [0.25, 0.3) is 0 Å². The number of aromatic nitrogens is 2. The first-order valence-corrected chi connectivity index (χ1v) is 8.96. The standard InChI is InChI=1S/C19H27N5O2/c1-22(2)13-16-14-23(10-11-26-15-16)19(25)20-12-17-6-3-4-7-18(17)24-9-5-8-21-24/h3-9,16H,10-15H2,1-2H3,(H,20,25)/t16-/m1/s1. The summed E-state index contributed by atoms with van der Waals surface area (Å²) in [6.45, 7) is 3.99. The van der Waals surface area contributed by atoms with E-state index in [-0.39, 0.29) is 6.03 Å². The number of hydrogen-bond donors (Lipinski definition) is 1. The quantitative estimate of drug-likeness (QED) is 0.883. The average Bonchev–Trinajstić information content (AvgIpc) is 3.06. The predicted molar refractivity (Wildman–Crippen MR) is 100 cm³/mol. The Balaban J connectivity index is 1.62. The molecular weight excluding hydrogens is 330 g/mol. The van der Waals surface area contributed by atoms with Crippen LogP contribution in [0, 0.1) is 5.92 Å². The van der Waals surface area contributed by atoms with Gasteiger partial charge >= 0.3 is 6.03 Å². The van der Waals surface area contributed by atoms with Crippen LogP contribution in [0.15, 0.2) is 42.7 Å². The van der Waals surface area contributed by atoms with Gasteiger partial charge < -0.3 is 19.9 Å². The van der Waals surface area contributed by atoms with Crippen molar-refractivity contribution in [2.45, 2.75) is 6.54 Å². The van der Waals surface area contributed by atoms with Gasteiger partial charge in [-0.2, -0.15) is 5.10 Å². The van der Waals surface area contributed by atoms with Gasteiger partial charge in [0.05, 0.1) is 18.9 Å². The molecule has 2 aromatic rings. The van der Waals surface area contributed by atoms with Crippen molar-refractivity contribution in [2.24, 2.45) is 5.92 Å². The van der Waals surface area contributed by atoms with Crippen LogP contribution in [-0.2, 0) is 11.3 Å². The summed E-state index contributed by atoms with van der Waals surface area (Å²) in [7, 11) is 4.09. The Morgan fingerprint density at radius 2 is 2.19 bits per heavy atom. The molecule has 1 fully saturated rings. The highest BCUT2D eigenvalue weighted by atomic mass is 16.5. The van der Waals surface area contributed by atoms with Gasteiger partial charge in [0.2, 0.25) is 0 Å². The number of nitrogens with one attached hydrogen (secondary N) is 1. The fraction of sp³-hybridized carbons (Fsp3) is 0.474. The van der Waals surface area contributed by atoms with E-state index in [0.29, 0.717) is 38.8 Å². The minimum absolute atomic E-state index is 0.0467. The zero-order valence-electron chi connectivity index (χ0n) is 15.5. The fourth-order valence-electron chi connectivity index (χ4n) is 3.27. The molecule has 1 saturated heterocycles. The van der Waals surface area contributed by atoms with Crippen molar-refractivity contribution < 1.29 is 9.53 Å². The third-order valence-corrected chi connectivity index (χ3v) is 4.42. The summed E-state index contributed by atoms with van der Waals surface area (Å²) in [5, 5.41) is 7.34. The van der Waals surface area contributed by atoms with Crippen molar-refractivity contribution in [1.82, 2.24) is 24.9 Å². The molecule has 1 atom stereocenters. The maximum absolute atomic E-state index is 12.7. The van der Waals surface area contributed by atoms with E-state index in [1.807, 2.05) is 60.2 Å². The van der Waals surface area contributed by atoms with Gasteiger partial charge in [-0.15, -0.1) is 0 Å². The summed E-state index contributed by atoms with van der Waals surface area (Å²) in [5.74, 6) is 0.328. The lowest BCUT2D eigenvalue weighted by atomic mass is 10.1. The number of urea groups is 1. The van der Waals surface area contributed by atoms with Crippen LogP contribution in [-0.4, -0.2) is 72.6 Å². The average molecular weight is 357 g/mol. The lowest BCUT2D eigenvalue weighted by molar-refractivity contribution is 0.112. The lowest BCUT2D eigenvalue weighted by Gasteiger charge is -2.25. The molecule has 1 N–H and O–H groups in total. The molecule has 1 aromatic carbocycles. The van der Waals surface area contributed by atoms with E-state index in [1.165, 1.54) is 0 Å². The highest BCUT2D eigenvalue weighted by molar-refractivity contribution is 5.74. The second-order valence-corrected chi connectivity index (χ2v) is 6.89. The number of ether oxygens (including phenoxy) is 1. The monoisotopic (exact) mass is 357 g/mol. The van der Waals surface area contributed by atoms with Crippen molar-refractivity contribution >= 4 is 6.03 Å². The molecule has 0 unspecified atom stereocenters. The molecule has 1 aromatic heterocycles. The number of carbonyl (C=O) groups excluding carboxylic acids is 1. The number of amides is 2. The highest BCUT2D eigenvalue weighted by Crippen LogP contribution is 2.14. The number of hydrogen-bond acceptors (Lipinski definition) is 4. The first kappa shape index (κ1) is 18.4. The molecule has 2 heterocycles. The van der Waals surface area contributed by atoms with Crippen molar-refractivity contribution in [3.63, 3.8) is 0 Å². The Morgan fingerprint density at radius 3 is 2.96 bits per heavy atom. The first-order valence-electron chi connectivity index (χ1n) is 8.96. The molecule has 140 valence electrons. The number of para-hydroxylation sites is 1. The van der Waals surface area contributed by atoms with E-state index in [4.69, 9.17) is 4.74 Å². The van der Waals surface area contributed by atoms with Gasteiger partial charge in [-0.3, -0.25) is 0 Å². The van der Waals surface area contributed by atoms with Crippen LogP contribution in [0.5, 0.6) is 0 Å². The molecule has 3 rings (SSSR count). The summed E-state index contributed by atoms with van der Waals surface area (Å²) >= 11 is 0. The minimum Gasteiger partial charge on any atom is -0.379 e.